The van der Waals surface area contributed by atoms with Crippen LogP contribution in [0.3, 0.4) is 0 Å². The molecule has 0 fully saturated rings. The Morgan fingerprint density at radius 1 is 1.50 bits per heavy atom. The Morgan fingerprint density at radius 2 is 2.17 bits per heavy atom. The van der Waals surface area contributed by atoms with E-state index >= 15 is 0 Å². The fourth-order valence-electron chi connectivity index (χ4n) is 1.23. The maximum atomic E-state index is 11.9. The minimum absolute atomic E-state index is 0.241. The molecule has 2 atom stereocenters. The van der Waals surface area contributed by atoms with E-state index in [1.165, 1.54) is 18.3 Å². The molecule has 7 heteroatoms. The van der Waals surface area contributed by atoms with Gasteiger partial charge in [-0.25, -0.2) is 0 Å². The lowest BCUT2D eigenvalue weighted by atomic mass is 10.2. The maximum absolute atomic E-state index is 11.9. The average molecular weight is 281 g/mol. The fourth-order valence-corrected chi connectivity index (χ4v) is 1.97. The van der Waals surface area contributed by atoms with Crippen LogP contribution in [0, 0.1) is 0 Å². The second-order valence-electron chi connectivity index (χ2n) is 3.81. The minimum atomic E-state index is -4.42. The van der Waals surface area contributed by atoms with Crippen molar-refractivity contribution in [3.63, 3.8) is 0 Å². The highest BCUT2D eigenvalue weighted by Gasteiger charge is 2.30. The zero-order valence-corrected chi connectivity index (χ0v) is 10.8. The van der Waals surface area contributed by atoms with Gasteiger partial charge >= 0.3 is 6.18 Å². The van der Waals surface area contributed by atoms with Gasteiger partial charge in [-0.1, -0.05) is 6.07 Å². The van der Waals surface area contributed by atoms with Gasteiger partial charge < -0.3 is 10.1 Å². The number of nitrogens with one attached hydrogen (secondary N) is 1. The molecule has 0 radical (unpaired) electrons. The zero-order valence-electron chi connectivity index (χ0n) is 9.95. The second-order valence-corrected chi connectivity index (χ2v) is 4.79. The molecule has 0 aliphatic heterocycles. The predicted molar refractivity (Wildman–Crippen MR) is 62.3 cm³/mol. The summed E-state index contributed by atoms with van der Waals surface area (Å²) in [5.74, 6) is -0.555. The Hall–Kier alpha value is -1.08. The highest BCUT2D eigenvalue weighted by atomic mass is 32.1. The summed E-state index contributed by atoms with van der Waals surface area (Å²) >= 11 is 1.47. The summed E-state index contributed by atoms with van der Waals surface area (Å²) in [6, 6.07) is 3.44. The van der Waals surface area contributed by atoms with Crippen molar-refractivity contribution in [3.05, 3.63) is 22.4 Å². The molecule has 102 valence electrons. The molecule has 0 aromatic carbocycles. The molecular weight excluding hydrogens is 267 g/mol. The van der Waals surface area contributed by atoms with Crippen LogP contribution in [0.15, 0.2) is 17.5 Å². The van der Waals surface area contributed by atoms with Crippen molar-refractivity contribution in [3.8, 4) is 0 Å². The number of hydrogen-bond donors (Lipinski definition) is 1. The van der Waals surface area contributed by atoms with Gasteiger partial charge in [-0.3, -0.25) is 4.79 Å². The summed E-state index contributed by atoms with van der Waals surface area (Å²) in [5, 5.41) is 4.46. The third-order valence-corrected chi connectivity index (χ3v) is 3.25. The van der Waals surface area contributed by atoms with Gasteiger partial charge in [-0.15, -0.1) is 11.3 Å². The molecule has 1 N–H and O–H groups in total. The smallest absolute Gasteiger partial charge is 0.359 e. The predicted octanol–water partition coefficient (Wildman–Crippen LogP) is 2.89. The maximum Gasteiger partial charge on any atom is 0.411 e. The topological polar surface area (TPSA) is 38.3 Å². The molecule has 0 saturated heterocycles. The van der Waals surface area contributed by atoms with E-state index in [9.17, 15) is 18.0 Å². The fraction of sp³-hybridized carbons (Fsp3) is 0.545. The molecule has 0 aliphatic carbocycles. The number of thiophene rings is 1. The van der Waals surface area contributed by atoms with Crippen LogP contribution in [0.4, 0.5) is 13.2 Å². The minimum Gasteiger partial charge on any atom is -0.359 e. The van der Waals surface area contributed by atoms with Gasteiger partial charge in [0.1, 0.15) is 12.7 Å². The van der Waals surface area contributed by atoms with E-state index in [4.69, 9.17) is 0 Å². The first-order chi connectivity index (χ1) is 8.29. The third-order valence-electron chi connectivity index (χ3n) is 2.19. The van der Waals surface area contributed by atoms with Gasteiger partial charge in [-0.05, 0) is 25.3 Å². The van der Waals surface area contributed by atoms with Crippen LogP contribution in [0.1, 0.15) is 24.8 Å². The van der Waals surface area contributed by atoms with Gasteiger partial charge in [0.05, 0.1) is 6.04 Å². The number of hydrogen-bond acceptors (Lipinski definition) is 3. The third kappa shape index (κ3) is 5.05. The van der Waals surface area contributed by atoms with Crippen molar-refractivity contribution in [1.29, 1.82) is 0 Å². The first-order valence-electron chi connectivity index (χ1n) is 5.31. The molecule has 1 heterocycles. The highest BCUT2D eigenvalue weighted by molar-refractivity contribution is 7.10. The Bertz CT molecular complexity index is 378. The van der Waals surface area contributed by atoms with Crippen molar-refractivity contribution in [1.82, 2.24) is 5.32 Å². The van der Waals surface area contributed by atoms with Crippen LogP contribution in [0.25, 0.3) is 0 Å². The summed E-state index contributed by atoms with van der Waals surface area (Å²) in [6.45, 7) is 1.64. The van der Waals surface area contributed by atoms with E-state index in [0.717, 1.165) is 4.88 Å². The molecule has 1 aromatic rings. The van der Waals surface area contributed by atoms with E-state index in [2.05, 4.69) is 10.1 Å². The van der Waals surface area contributed by atoms with E-state index in [1.54, 1.807) is 6.92 Å². The molecule has 3 nitrogen and oxygen atoms in total. The van der Waals surface area contributed by atoms with Crippen molar-refractivity contribution in [2.75, 3.05) is 6.61 Å². The number of alkyl halides is 3. The number of halogens is 3. The van der Waals surface area contributed by atoms with Gasteiger partial charge in [0.25, 0.3) is 0 Å². The summed E-state index contributed by atoms with van der Waals surface area (Å²) < 4.78 is 40.2. The summed E-state index contributed by atoms with van der Waals surface area (Å²) in [7, 11) is 0. The molecule has 1 rings (SSSR count). The summed E-state index contributed by atoms with van der Waals surface area (Å²) in [5.41, 5.74) is 0. The Labute approximate surface area is 107 Å². The van der Waals surface area contributed by atoms with Gasteiger partial charge in [-0.2, -0.15) is 13.2 Å². The van der Waals surface area contributed by atoms with Crippen molar-refractivity contribution < 1.29 is 22.7 Å². The number of amides is 1. The van der Waals surface area contributed by atoms with Crippen LogP contribution >= 0.6 is 11.3 Å². The van der Waals surface area contributed by atoms with Crippen LogP contribution in [0.2, 0.25) is 0 Å². The number of carbonyl (C=O) groups is 1. The Kier molecular flexibility index (Phi) is 5.15. The monoisotopic (exact) mass is 281 g/mol. The molecule has 18 heavy (non-hydrogen) atoms. The van der Waals surface area contributed by atoms with Crippen molar-refractivity contribution >= 4 is 17.2 Å². The lowest BCUT2D eigenvalue weighted by molar-refractivity contribution is -0.185. The number of ether oxygens (including phenoxy) is 1. The molecule has 1 amide bonds. The van der Waals surface area contributed by atoms with Crippen LogP contribution in [-0.4, -0.2) is 24.8 Å². The molecule has 0 saturated carbocycles. The quantitative estimate of drug-likeness (QED) is 0.901. The average Bonchev–Trinajstić information content (AvgIpc) is 2.77. The van der Waals surface area contributed by atoms with Crippen LogP contribution < -0.4 is 5.32 Å². The number of carbonyl (C=O) groups excluding carboxylic acids is 1. The normalized spacial score (nSPS) is 15.2. The van der Waals surface area contributed by atoms with Crippen molar-refractivity contribution in [2.45, 2.75) is 32.2 Å². The molecular formula is C11H14F3NO2S. The summed E-state index contributed by atoms with van der Waals surface area (Å²) in [6.07, 6.45) is -5.55. The Balaban J connectivity index is 2.40. The summed E-state index contributed by atoms with van der Waals surface area (Å²) in [4.78, 5) is 12.5. The van der Waals surface area contributed by atoms with Gasteiger partial charge in [0.15, 0.2) is 0 Å². The standard InChI is InChI=1S/C11H14F3NO2S/c1-7(9-4-3-5-18-9)15-10(16)8(2)17-6-11(12,13)14/h3-5,7-8H,6H2,1-2H3,(H,15,16)/t7-,8+/m1/s1. The van der Waals surface area contributed by atoms with E-state index in [-0.39, 0.29) is 6.04 Å². The molecule has 0 unspecified atom stereocenters. The zero-order chi connectivity index (χ0) is 13.8. The second kappa shape index (κ2) is 6.19. The lowest BCUT2D eigenvalue weighted by Gasteiger charge is -2.17. The molecule has 0 bridgehead atoms. The van der Waals surface area contributed by atoms with Crippen LogP contribution in [0.5, 0.6) is 0 Å². The molecule has 0 aliphatic rings. The Morgan fingerprint density at radius 3 is 2.67 bits per heavy atom. The number of rotatable bonds is 5. The van der Waals surface area contributed by atoms with E-state index in [1.807, 2.05) is 17.5 Å². The highest BCUT2D eigenvalue weighted by Crippen LogP contribution is 2.19. The van der Waals surface area contributed by atoms with Crippen molar-refractivity contribution in [2.24, 2.45) is 0 Å². The molecule has 1 aromatic heterocycles. The first-order valence-corrected chi connectivity index (χ1v) is 6.19. The van der Waals surface area contributed by atoms with E-state index < -0.39 is 24.8 Å². The van der Waals surface area contributed by atoms with E-state index in [0.29, 0.717) is 0 Å². The SMILES string of the molecule is C[C@H](OCC(F)(F)F)C(=O)N[C@H](C)c1cccs1. The molecule has 0 spiro atoms. The largest absolute Gasteiger partial charge is 0.411 e. The first kappa shape index (κ1) is 15.0. The van der Waals surface area contributed by atoms with Gasteiger partial charge in [0, 0.05) is 4.88 Å². The van der Waals surface area contributed by atoms with Gasteiger partial charge in [0.2, 0.25) is 5.91 Å². The lowest BCUT2D eigenvalue weighted by Crippen LogP contribution is -2.37. The van der Waals surface area contributed by atoms with Crippen LogP contribution in [-0.2, 0) is 9.53 Å².